The molecule has 0 spiro atoms. The van der Waals surface area contributed by atoms with E-state index in [1.54, 1.807) is 0 Å². The van der Waals surface area contributed by atoms with Gasteiger partial charge in [-0.3, -0.25) is 14.9 Å². The number of halogens is 1. The van der Waals surface area contributed by atoms with Gasteiger partial charge < -0.3 is 10.6 Å². The SMILES string of the molecule is O=C(NC1CC2CCC(C1)N2)c1cc([N+](=O)[O-])cnc1Cl. The zero-order valence-corrected chi connectivity index (χ0v) is 12.0. The summed E-state index contributed by atoms with van der Waals surface area (Å²) in [6.45, 7) is 0. The predicted molar refractivity (Wildman–Crippen MR) is 76.3 cm³/mol. The molecule has 112 valence electrons. The maximum Gasteiger partial charge on any atom is 0.288 e. The molecule has 0 saturated carbocycles. The van der Waals surface area contributed by atoms with Crippen LogP contribution in [0.25, 0.3) is 0 Å². The lowest BCUT2D eigenvalue weighted by atomic mass is 9.99. The molecular weight excluding hydrogens is 296 g/mol. The van der Waals surface area contributed by atoms with Crippen LogP contribution in [0.15, 0.2) is 12.3 Å². The maximum absolute atomic E-state index is 12.3. The van der Waals surface area contributed by atoms with Gasteiger partial charge in [-0.05, 0) is 25.7 Å². The molecule has 1 aromatic rings. The van der Waals surface area contributed by atoms with Crippen molar-refractivity contribution in [3.63, 3.8) is 0 Å². The molecule has 2 saturated heterocycles. The average molecular weight is 311 g/mol. The van der Waals surface area contributed by atoms with Crippen LogP contribution >= 0.6 is 11.6 Å². The lowest BCUT2D eigenvalue weighted by Gasteiger charge is -2.29. The molecule has 8 heteroatoms. The van der Waals surface area contributed by atoms with Crippen molar-refractivity contribution in [2.45, 2.75) is 43.8 Å². The molecule has 0 aromatic carbocycles. The summed E-state index contributed by atoms with van der Waals surface area (Å²) in [6, 6.07) is 2.15. The van der Waals surface area contributed by atoms with Crippen LogP contribution in [0.1, 0.15) is 36.0 Å². The molecule has 0 aliphatic carbocycles. The predicted octanol–water partition coefficient (Wildman–Crippen LogP) is 1.66. The third-order valence-corrected chi connectivity index (χ3v) is 4.39. The Balaban J connectivity index is 1.73. The number of carbonyl (C=O) groups is 1. The van der Waals surface area contributed by atoms with Crippen LogP contribution in [-0.4, -0.2) is 33.9 Å². The molecule has 1 aromatic heterocycles. The lowest BCUT2D eigenvalue weighted by molar-refractivity contribution is -0.385. The highest BCUT2D eigenvalue weighted by molar-refractivity contribution is 6.32. The standard InChI is InChI=1S/C13H15ClN4O3/c14-12-11(5-10(6-15-12)18(20)21)13(19)17-9-3-7-1-2-8(4-9)16-7/h5-9,16H,1-4H2,(H,17,19). The van der Waals surface area contributed by atoms with Gasteiger partial charge in [0.2, 0.25) is 0 Å². The van der Waals surface area contributed by atoms with E-state index in [2.05, 4.69) is 15.6 Å². The van der Waals surface area contributed by atoms with E-state index in [9.17, 15) is 14.9 Å². The Morgan fingerprint density at radius 2 is 2.10 bits per heavy atom. The molecule has 2 aliphatic heterocycles. The number of nitro groups is 1. The Labute approximate surface area is 126 Å². The molecule has 2 fully saturated rings. The topological polar surface area (TPSA) is 97.2 Å². The summed E-state index contributed by atoms with van der Waals surface area (Å²) in [5, 5.41) is 17.1. The van der Waals surface area contributed by atoms with Crippen molar-refractivity contribution in [3.8, 4) is 0 Å². The Bertz CT molecular complexity index is 583. The molecule has 7 nitrogen and oxygen atoms in total. The first-order valence-electron chi connectivity index (χ1n) is 6.90. The second-order valence-electron chi connectivity index (χ2n) is 5.57. The minimum absolute atomic E-state index is 0.0185. The highest BCUT2D eigenvalue weighted by atomic mass is 35.5. The number of amides is 1. The summed E-state index contributed by atoms with van der Waals surface area (Å²) in [7, 11) is 0. The first kappa shape index (κ1) is 14.2. The number of nitrogens with zero attached hydrogens (tertiary/aromatic N) is 2. The number of hydrogen-bond acceptors (Lipinski definition) is 5. The summed E-state index contributed by atoms with van der Waals surface area (Å²) in [5.41, 5.74) is -0.188. The van der Waals surface area contributed by atoms with Crippen LogP contribution in [0, 0.1) is 10.1 Å². The van der Waals surface area contributed by atoms with E-state index in [-0.39, 0.29) is 22.4 Å². The molecule has 3 heterocycles. The summed E-state index contributed by atoms with van der Waals surface area (Å²) >= 11 is 5.88. The van der Waals surface area contributed by atoms with Crippen molar-refractivity contribution in [3.05, 3.63) is 33.1 Å². The first-order chi connectivity index (χ1) is 10.0. The van der Waals surface area contributed by atoms with Crippen molar-refractivity contribution in [2.75, 3.05) is 0 Å². The summed E-state index contributed by atoms with van der Waals surface area (Å²) in [4.78, 5) is 26.1. The second kappa shape index (κ2) is 5.57. The normalized spacial score (nSPS) is 27.4. The van der Waals surface area contributed by atoms with E-state index in [1.165, 1.54) is 6.07 Å². The molecule has 3 rings (SSSR count). The first-order valence-corrected chi connectivity index (χ1v) is 7.27. The fourth-order valence-corrected chi connectivity index (χ4v) is 3.32. The number of rotatable bonds is 3. The van der Waals surface area contributed by atoms with Crippen molar-refractivity contribution in [2.24, 2.45) is 0 Å². The molecule has 2 unspecified atom stereocenters. The zero-order chi connectivity index (χ0) is 15.0. The van der Waals surface area contributed by atoms with Crippen LogP contribution in [0.3, 0.4) is 0 Å². The Morgan fingerprint density at radius 1 is 1.43 bits per heavy atom. The van der Waals surface area contributed by atoms with Gasteiger partial charge in [0.25, 0.3) is 11.6 Å². The number of hydrogen-bond donors (Lipinski definition) is 2. The van der Waals surface area contributed by atoms with Gasteiger partial charge in [-0.1, -0.05) is 11.6 Å². The Hall–Kier alpha value is -1.73. The monoisotopic (exact) mass is 310 g/mol. The number of carbonyl (C=O) groups excluding carboxylic acids is 1. The van der Waals surface area contributed by atoms with E-state index < -0.39 is 10.8 Å². The minimum atomic E-state index is -0.592. The molecule has 2 atom stereocenters. The molecule has 2 bridgehead atoms. The third-order valence-electron chi connectivity index (χ3n) is 4.09. The summed E-state index contributed by atoms with van der Waals surface area (Å²) in [5.74, 6) is -0.400. The van der Waals surface area contributed by atoms with Crippen LogP contribution in [0.2, 0.25) is 5.15 Å². The smallest absolute Gasteiger partial charge is 0.288 e. The van der Waals surface area contributed by atoms with Crippen molar-refractivity contribution >= 4 is 23.2 Å². The largest absolute Gasteiger partial charge is 0.349 e. The number of pyridine rings is 1. The van der Waals surface area contributed by atoms with E-state index >= 15 is 0 Å². The van der Waals surface area contributed by atoms with Gasteiger partial charge in [0.1, 0.15) is 11.3 Å². The van der Waals surface area contributed by atoms with Gasteiger partial charge in [0, 0.05) is 24.2 Å². The number of piperidine rings is 1. The molecule has 2 N–H and O–H groups in total. The van der Waals surface area contributed by atoms with Crippen molar-refractivity contribution in [1.82, 2.24) is 15.6 Å². The third kappa shape index (κ3) is 2.98. The molecule has 21 heavy (non-hydrogen) atoms. The zero-order valence-electron chi connectivity index (χ0n) is 11.2. The number of fused-ring (bicyclic) bond motifs is 2. The maximum atomic E-state index is 12.3. The van der Waals surface area contributed by atoms with Gasteiger partial charge in [0.15, 0.2) is 0 Å². The van der Waals surface area contributed by atoms with Crippen LogP contribution in [0.4, 0.5) is 5.69 Å². The van der Waals surface area contributed by atoms with Crippen LogP contribution in [-0.2, 0) is 0 Å². The Morgan fingerprint density at radius 3 is 2.71 bits per heavy atom. The fourth-order valence-electron chi connectivity index (χ4n) is 3.13. The minimum Gasteiger partial charge on any atom is -0.349 e. The van der Waals surface area contributed by atoms with E-state index in [1.807, 2.05) is 0 Å². The van der Waals surface area contributed by atoms with Crippen molar-refractivity contribution < 1.29 is 9.72 Å². The summed E-state index contributed by atoms with van der Waals surface area (Å²) < 4.78 is 0. The molecule has 0 radical (unpaired) electrons. The van der Waals surface area contributed by atoms with E-state index in [0.29, 0.717) is 12.1 Å². The highest BCUT2D eigenvalue weighted by Crippen LogP contribution is 2.27. The van der Waals surface area contributed by atoms with Crippen molar-refractivity contribution in [1.29, 1.82) is 0 Å². The van der Waals surface area contributed by atoms with Gasteiger partial charge in [-0.2, -0.15) is 0 Å². The molecule has 1 amide bonds. The molecule has 2 aliphatic rings. The number of aromatic nitrogens is 1. The Kier molecular flexibility index (Phi) is 3.77. The van der Waals surface area contributed by atoms with Gasteiger partial charge in [-0.15, -0.1) is 0 Å². The second-order valence-corrected chi connectivity index (χ2v) is 5.93. The van der Waals surface area contributed by atoms with Crippen LogP contribution < -0.4 is 10.6 Å². The fraction of sp³-hybridized carbons (Fsp3) is 0.538. The quantitative estimate of drug-likeness (QED) is 0.502. The van der Waals surface area contributed by atoms with Crippen LogP contribution in [0.5, 0.6) is 0 Å². The van der Waals surface area contributed by atoms with Gasteiger partial charge in [0.05, 0.1) is 10.5 Å². The lowest BCUT2D eigenvalue weighted by Crippen LogP contribution is -2.48. The summed E-state index contributed by atoms with van der Waals surface area (Å²) in [6.07, 6.45) is 5.07. The van der Waals surface area contributed by atoms with Gasteiger partial charge in [-0.25, -0.2) is 4.98 Å². The average Bonchev–Trinajstić information content (AvgIpc) is 2.78. The number of nitrogens with one attached hydrogen (secondary N) is 2. The van der Waals surface area contributed by atoms with E-state index in [0.717, 1.165) is 31.9 Å². The van der Waals surface area contributed by atoms with Gasteiger partial charge >= 0.3 is 0 Å². The molecular formula is C13H15ClN4O3. The van der Waals surface area contributed by atoms with E-state index in [4.69, 9.17) is 11.6 Å². The highest BCUT2D eigenvalue weighted by Gasteiger charge is 2.34.